The summed E-state index contributed by atoms with van der Waals surface area (Å²) in [6.45, 7) is 0. The van der Waals surface area contributed by atoms with Gasteiger partial charge in [0.25, 0.3) is 0 Å². The number of thiophene rings is 1. The Labute approximate surface area is 119 Å². The van der Waals surface area contributed by atoms with Crippen LogP contribution in [0.15, 0.2) is 36.4 Å². The van der Waals surface area contributed by atoms with Crippen molar-refractivity contribution < 1.29 is 0 Å². The van der Waals surface area contributed by atoms with Gasteiger partial charge in [-0.15, -0.1) is 11.3 Å². The number of nitrogens with two attached hydrogens (primary N) is 1. The monoisotopic (exact) mass is 294 g/mol. The van der Waals surface area contributed by atoms with Crippen LogP contribution < -0.4 is 5.73 Å². The maximum absolute atomic E-state index is 9.25. The van der Waals surface area contributed by atoms with Crippen LogP contribution in [0.4, 0.5) is 0 Å². The lowest BCUT2D eigenvalue weighted by atomic mass is 10.0. The molecule has 0 radical (unpaired) electrons. The predicted octanol–water partition coefficient (Wildman–Crippen LogP) is 4.41. The van der Waals surface area contributed by atoms with Gasteiger partial charge in [0.05, 0.1) is 15.6 Å². The van der Waals surface area contributed by atoms with Crippen LogP contribution in [0.1, 0.15) is 11.1 Å². The van der Waals surface area contributed by atoms with Gasteiger partial charge in [-0.2, -0.15) is 5.26 Å². The molecule has 1 aromatic heterocycles. The summed E-state index contributed by atoms with van der Waals surface area (Å²) in [6, 6.07) is 13.0. The summed E-state index contributed by atoms with van der Waals surface area (Å²) >= 11 is 13.1. The third kappa shape index (κ3) is 2.51. The van der Waals surface area contributed by atoms with E-state index in [0.717, 1.165) is 5.56 Å². The minimum Gasteiger partial charge on any atom is -0.397 e. The Morgan fingerprint density at radius 2 is 1.89 bits per heavy atom. The minimum atomic E-state index is 0.344. The Bertz CT molecular complexity index is 639. The van der Waals surface area contributed by atoms with Crippen molar-refractivity contribution in [2.24, 2.45) is 5.73 Å². The van der Waals surface area contributed by atoms with E-state index in [1.165, 1.54) is 11.3 Å². The number of nitrogens with zero attached hydrogens (tertiary/aromatic N) is 1. The molecule has 5 heteroatoms. The van der Waals surface area contributed by atoms with Crippen LogP contribution >= 0.6 is 34.5 Å². The molecule has 2 rings (SSSR count). The van der Waals surface area contributed by atoms with Gasteiger partial charge in [0.2, 0.25) is 0 Å². The molecule has 0 atom stereocenters. The van der Waals surface area contributed by atoms with E-state index in [0.29, 0.717) is 25.5 Å². The second-order valence-electron chi connectivity index (χ2n) is 3.50. The van der Waals surface area contributed by atoms with E-state index in [9.17, 15) is 5.26 Å². The second kappa shape index (κ2) is 5.45. The van der Waals surface area contributed by atoms with Gasteiger partial charge in [0.1, 0.15) is 10.4 Å². The number of nitriles is 1. The molecule has 2 nitrogen and oxygen atoms in total. The first-order valence-electron chi connectivity index (χ1n) is 5.04. The van der Waals surface area contributed by atoms with Gasteiger partial charge in [-0.05, 0) is 11.6 Å². The van der Waals surface area contributed by atoms with Crippen LogP contribution in [0.5, 0.6) is 0 Å². The molecular formula is C13H8Cl2N2S. The van der Waals surface area contributed by atoms with Gasteiger partial charge in [-0.3, -0.25) is 0 Å². The molecule has 0 fully saturated rings. The van der Waals surface area contributed by atoms with E-state index in [1.807, 2.05) is 30.3 Å². The lowest BCUT2D eigenvalue weighted by Crippen LogP contribution is -1.99. The maximum Gasteiger partial charge on any atom is 0.104 e. The highest BCUT2D eigenvalue weighted by Gasteiger charge is 2.13. The van der Waals surface area contributed by atoms with Crippen LogP contribution in [0.3, 0.4) is 0 Å². The van der Waals surface area contributed by atoms with Crippen molar-refractivity contribution in [3.05, 3.63) is 56.2 Å². The van der Waals surface area contributed by atoms with Crippen LogP contribution in [0.2, 0.25) is 8.67 Å². The second-order valence-corrected chi connectivity index (χ2v) is 5.79. The van der Waals surface area contributed by atoms with E-state index >= 15 is 0 Å². The van der Waals surface area contributed by atoms with Crippen molar-refractivity contribution in [1.29, 1.82) is 5.26 Å². The Morgan fingerprint density at radius 3 is 2.39 bits per heavy atom. The van der Waals surface area contributed by atoms with Gasteiger partial charge in [-0.1, -0.05) is 53.5 Å². The molecule has 2 N–H and O–H groups in total. The van der Waals surface area contributed by atoms with Crippen LogP contribution in [-0.2, 0) is 0 Å². The minimum absolute atomic E-state index is 0.344. The summed E-state index contributed by atoms with van der Waals surface area (Å²) in [5.74, 6) is 0. The molecule has 18 heavy (non-hydrogen) atoms. The molecule has 0 aliphatic carbocycles. The normalized spacial score (nSPS) is 11.8. The van der Waals surface area contributed by atoms with Gasteiger partial charge in [0.15, 0.2) is 0 Å². The summed E-state index contributed by atoms with van der Waals surface area (Å²) < 4.78 is 1.03. The quantitative estimate of drug-likeness (QED) is 0.834. The fourth-order valence-corrected chi connectivity index (χ4v) is 3.04. The highest BCUT2D eigenvalue weighted by molar-refractivity contribution is 7.20. The first kappa shape index (κ1) is 13.0. The Hall–Kier alpha value is -1.47. The Kier molecular flexibility index (Phi) is 3.93. The van der Waals surface area contributed by atoms with Crippen LogP contribution in [0.25, 0.3) is 11.3 Å². The zero-order chi connectivity index (χ0) is 13.1. The molecule has 1 aromatic carbocycles. The number of hydrogen-bond donors (Lipinski definition) is 1. The molecule has 90 valence electrons. The first-order valence-corrected chi connectivity index (χ1v) is 6.61. The van der Waals surface area contributed by atoms with Gasteiger partial charge in [0, 0.05) is 5.56 Å². The van der Waals surface area contributed by atoms with E-state index in [1.54, 1.807) is 6.07 Å². The van der Waals surface area contributed by atoms with Crippen molar-refractivity contribution in [1.82, 2.24) is 0 Å². The Morgan fingerprint density at radius 1 is 1.22 bits per heavy atom. The average molecular weight is 295 g/mol. The molecule has 0 saturated heterocycles. The third-order valence-electron chi connectivity index (χ3n) is 2.39. The van der Waals surface area contributed by atoms with Crippen molar-refractivity contribution in [3.8, 4) is 6.07 Å². The van der Waals surface area contributed by atoms with Crippen molar-refractivity contribution in [2.75, 3.05) is 0 Å². The van der Waals surface area contributed by atoms with Gasteiger partial charge < -0.3 is 5.73 Å². The fraction of sp³-hybridized carbons (Fsp3) is 0. The number of benzene rings is 1. The summed E-state index contributed by atoms with van der Waals surface area (Å²) in [7, 11) is 0. The number of rotatable bonds is 2. The van der Waals surface area contributed by atoms with Crippen LogP contribution in [0, 0.1) is 11.3 Å². The number of halogens is 2. The topological polar surface area (TPSA) is 49.8 Å². The molecule has 0 bridgehead atoms. The predicted molar refractivity (Wildman–Crippen MR) is 77.4 cm³/mol. The molecular weight excluding hydrogens is 287 g/mol. The summed E-state index contributed by atoms with van der Waals surface area (Å²) in [6.07, 6.45) is 0. The lowest BCUT2D eigenvalue weighted by Gasteiger charge is -2.04. The van der Waals surface area contributed by atoms with Crippen LogP contribution in [-0.4, -0.2) is 0 Å². The Balaban J connectivity index is 2.58. The van der Waals surface area contributed by atoms with Crippen molar-refractivity contribution >= 4 is 45.8 Å². The molecule has 0 unspecified atom stereocenters. The summed E-state index contributed by atoms with van der Waals surface area (Å²) in [5, 5.41) is 9.25. The molecule has 0 saturated carbocycles. The molecule has 0 spiro atoms. The molecule has 0 aliphatic heterocycles. The summed E-state index contributed by atoms with van der Waals surface area (Å²) in [4.78, 5) is 0. The largest absolute Gasteiger partial charge is 0.397 e. The van der Waals surface area contributed by atoms with Crippen molar-refractivity contribution in [2.45, 2.75) is 0 Å². The first-order chi connectivity index (χ1) is 8.63. The fourth-order valence-electron chi connectivity index (χ4n) is 1.54. The third-order valence-corrected chi connectivity index (χ3v) is 3.88. The zero-order valence-corrected chi connectivity index (χ0v) is 11.5. The number of allylic oxidation sites excluding steroid dienone is 1. The highest BCUT2D eigenvalue weighted by atomic mass is 35.5. The van der Waals surface area contributed by atoms with Gasteiger partial charge in [-0.25, -0.2) is 0 Å². The molecule has 2 aromatic rings. The SMILES string of the molecule is N#C/C(=C(/N)c1cc(Cl)sc1Cl)c1ccccc1. The molecule has 1 heterocycles. The number of hydrogen-bond acceptors (Lipinski definition) is 3. The lowest BCUT2D eigenvalue weighted by molar-refractivity contribution is 1.49. The van der Waals surface area contributed by atoms with E-state index in [2.05, 4.69) is 6.07 Å². The van der Waals surface area contributed by atoms with Gasteiger partial charge >= 0.3 is 0 Å². The zero-order valence-electron chi connectivity index (χ0n) is 9.15. The standard InChI is InChI=1S/C13H8Cl2N2S/c14-11-6-9(13(15)18-11)12(17)10(7-16)8-4-2-1-3-5-8/h1-6H,17H2/b12-10-. The van der Waals surface area contributed by atoms with E-state index in [-0.39, 0.29) is 0 Å². The molecule has 0 aliphatic rings. The highest BCUT2D eigenvalue weighted by Crippen LogP contribution is 2.36. The smallest absolute Gasteiger partial charge is 0.104 e. The maximum atomic E-state index is 9.25. The summed E-state index contributed by atoms with van der Waals surface area (Å²) in [5.41, 5.74) is 8.12. The average Bonchev–Trinajstić information content (AvgIpc) is 2.70. The molecule has 0 amide bonds. The van der Waals surface area contributed by atoms with E-state index < -0.39 is 0 Å². The van der Waals surface area contributed by atoms with Crippen molar-refractivity contribution in [3.63, 3.8) is 0 Å². The van der Waals surface area contributed by atoms with E-state index in [4.69, 9.17) is 28.9 Å².